The minimum Gasteiger partial charge on any atom is -0.480 e. The van der Waals surface area contributed by atoms with Crippen molar-refractivity contribution >= 4 is 23.6 Å². The number of carbonyl (C=O) groups excluding carboxylic acids is 2. The van der Waals surface area contributed by atoms with Crippen molar-refractivity contribution in [1.82, 2.24) is 10.2 Å². The molecule has 28 heavy (non-hydrogen) atoms. The maximum absolute atomic E-state index is 12.7. The molecule has 0 unspecified atom stereocenters. The Balaban J connectivity index is 1.90. The van der Waals surface area contributed by atoms with Crippen molar-refractivity contribution in [3.05, 3.63) is 35.4 Å². The Morgan fingerprint density at radius 2 is 1.82 bits per heavy atom. The number of ether oxygens (including phenoxy) is 1. The second-order valence-electron chi connectivity index (χ2n) is 6.65. The van der Waals surface area contributed by atoms with Crippen molar-refractivity contribution in [2.75, 3.05) is 19.7 Å². The Morgan fingerprint density at radius 1 is 1.25 bits per heavy atom. The number of amidine groups is 1. The van der Waals surface area contributed by atoms with Crippen LogP contribution >= 0.6 is 0 Å². The first-order valence-corrected chi connectivity index (χ1v) is 9.19. The molecule has 152 valence electrons. The Kier molecular flexibility index (Phi) is 7.51. The van der Waals surface area contributed by atoms with Crippen molar-refractivity contribution < 1.29 is 24.2 Å². The highest BCUT2D eigenvalue weighted by Crippen LogP contribution is 2.15. The van der Waals surface area contributed by atoms with Gasteiger partial charge in [-0.25, -0.2) is 4.79 Å². The molecule has 0 aromatic heterocycles. The van der Waals surface area contributed by atoms with Crippen LogP contribution in [-0.4, -0.2) is 65.5 Å². The molecule has 1 atom stereocenters. The van der Waals surface area contributed by atoms with Gasteiger partial charge in [-0.05, 0) is 31.4 Å². The fraction of sp³-hybridized carbons (Fsp3) is 0.474. The SMILES string of the molecule is CC[C@H](NC(=O)c1ccc(C(=N)N)cc1)C(=O)N1CCC(OCC(=O)O)CC1. The molecule has 0 radical (unpaired) electrons. The van der Waals surface area contributed by atoms with Crippen LogP contribution in [0.15, 0.2) is 24.3 Å². The van der Waals surface area contributed by atoms with E-state index in [0.717, 1.165) is 0 Å². The van der Waals surface area contributed by atoms with Gasteiger partial charge < -0.3 is 25.8 Å². The molecule has 1 aromatic rings. The summed E-state index contributed by atoms with van der Waals surface area (Å²) in [5, 5.41) is 18.8. The van der Waals surface area contributed by atoms with E-state index in [9.17, 15) is 14.4 Å². The average molecular weight is 390 g/mol. The maximum atomic E-state index is 12.7. The minimum absolute atomic E-state index is 0.0793. The van der Waals surface area contributed by atoms with Crippen molar-refractivity contribution in [3.8, 4) is 0 Å². The molecule has 1 heterocycles. The summed E-state index contributed by atoms with van der Waals surface area (Å²) in [6.07, 6.45) is 1.41. The first-order valence-electron chi connectivity index (χ1n) is 9.19. The smallest absolute Gasteiger partial charge is 0.329 e. The van der Waals surface area contributed by atoms with Crippen LogP contribution in [0.5, 0.6) is 0 Å². The number of hydrogen-bond donors (Lipinski definition) is 4. The highest BCUT2D eigenvalue weighted by molar-refractivity contribution is 5.99. The highest BCUT2D eigenvalue weighted by atomic mass is 16.5. The number of benzene rings is 1. The summed E-state index contributed by atoms with van der Waals surface area (Å²) in [6.45, 7) is 2.41. The molecule has 5 N–H and O–H groups in total. The van der Waals surface area contributed by atoms with Crippen molar-refractivity contribution in [2.45, 2.75) is 38.3 Å². The second-order valence-corrected chi connectivity index (χ2v) is 6.65. The number of aliphatic carboxylic acids is 1. The fourth-order valence-electron chi connectivity index (χ4n) is 3.03. The molecule has 1 aromatic carbocycles. The average Bonchev–Trinajstić information content (AvgIpc) is 2.70. The second kappa shape index (κ2) is 9.84. The molecule has 1 fully saturated rings. The van der Waals surface area contributed by atoms with E-state index in [-0.39, 0.29) is 30.4 Å². The van der Waals surface area contributed by atoms with Crippen LogP contribution in [0.2, 0.25) is 0 Å². The summed E-state index contributed by atoms with van der Waals surface area (Å²) in [4.78, 5) is 37.4. The summed E-state index contributed by atoms with van der Waals surface area (Å²) in [5.41, 5.74) is 6.31. The Hall–Kier alpha value is -2.94. The topological polar surface area (TPSA) is 146 Å². The zero-order valence-electron chi connectivity index (χ0n) is 15.8. The lowest BCUT2D eigenvalue weighted by Gasteiger charge is -2.34. The molecule has 0 spiro atoms. The first-order chi connectivity index (χ1) is 13.3. The van der Waals surface area contributed by atoms with E-state index in [4.69, 9.17) is 21.0 Å². The van der Waals surface area contributed by atoms with Gasteiger partial charge >= 0.3 is 5.97 Å². The van der Waals surface area contributed by atoms with Crippen LogP contribution in [-0.2, 0) is 14.3 Å². The number of piperidine rings is 1. The number of nitrogen functional groups attached to an aromatic ring is 1. The van der Waals surface area contributed by atoms with Gasteiger partial charge in [-0.1, -0.05) is 19.1 Å². The normalized spacial score (nSPS) is 15.7. The molecule has 1 aliphatic rings. The largest absolute Gasteiger partial charge is 0.480 e. The number of nitrogens with two attached hydrogens (primary N) is 1. The molecule has 2 rings (SSSR count). The van der Waals surface area contributed by atoms with Gasteiger partial charge in [0.15, 0.2) is 0 Å². The van der Waals surface area contributed by atoms with Gasteiger partial charge in [-0.15, -0.1) is 0 Å². The molecule has 9 nitrogen and oxygen atoms in total. The quantitative estimate of drug-likeness (QED) is 0.377. The van der Waals surface area contributed by atoms with Crippen molar-refractivity contribution in [3.63, 3.8) is 0 Å². The van der Waals surface area contributed by atoms with E-state index in [1.54, 1.807) is 29.2 Å². The number of likely N-dealkylation sites (tertiary alicyclic amines) is 1. The number of nitrogens with zero attached hydrogens (tertiary/aromatic N) is 1. The number of hydrogen-bond acceptors (Lipinski definition) is 5. The van der Waals surface area contributed by atoms with Crippen LogP contribution in [0.1, 0.15) is 42.1 Å². The number of rotatable bonds is 8. The maximum Gasteiger partial charge on any atom is 0.329 e. The number of carboxylic acids is 1. The molecule has 0 aliphatic carbocycles. The lowest BCUT2D eigenvalue weighted by atomic mass is 10.1. The predicted molar refractivity (Wildman–Crippen MR) is 102 cm³/mol. The minimum atomic E-state index is -1.01. The van der Waals surface area contributed by atoms with Crippen LogP contribution in [0.4, 0.5) is 0 Å². The molecule has 1 aliphatic heterocycles. The van der Waals surface area contributed by atoms with Crippen LogP contribution in [0, 0.1) is 5.41 Å². The fourth-order valence-corrected chi connectivity index (χ4v) is 3.03. The monoisotopic (exact) mass is 390 g/mol. The van der Waals surface area contributed by atoms with E-state index >= 15 is 0 Å². The third-order valence-corrected chi connectivity index (χ3v) is 4.67. The van der Waals surface area contributed by atoms with Gasteiger partial charge in [0.2, 0.25) is 5.91 Å². The molecule has 0 saturated carbocycles. The molecule has 0 bridgehead atoms. The van der Waals surface area contributed by atoms with E-state index in [1.165, 1.54) is 0 Å². The predicted octanol–water partition coefficient (Wildman–Crippen LogP) is 0.571. The summed E-state index contributed by atoms with van der Waals surface area (Å²) in [6, 6.07) is 5.66. The molecule has 1 saturated heterocycles. The Labute approximate surface area is 163 Å². The van der Waals surface area contributed by atoms with Gasteiger partial charge in [0.1, 0.15) is 18.5 Å². The van der Waals surface area contributed by atoms with Gasteiger partial charge in [0, 0.05) is 24.2 Å². The first kappa shape index (κ1) is 21.4. The number of carbonyl (C=O) groups is 3. The molecular weight excluding hydrogens is 364 g/mol. The van der Waals surface area contributed by atoms with E-state index < -0.39 is 12.0 Å². The number of carboxylic acid groups (broad SMARTS) is 1. The zero-order valence-corrected chi connectivity index (χ0v) is 15.8. The van der Waals surface area contributed by atoms with Gasteiger partial charge in [0.25, 0.3) is 5.91 Å². The number of amides is 2. The zero-order chi connectivity index (χ0) is 20.7. The van der Waals surface area contributed by atoms with Crippen molar-refractivity contribution in [2.24, 2.45) is 5.73 Å². The summed E-state index contributed by atoms with van der Waals surface area (Å²) in [5.74, 6) is -1.62. The third kappa shape index (κ3) is 5.78. The highest BCUT2D eigenvalue weighted by Gasteiger charge is 2.29. The summed E-state index contributed by atoms with van der Waals surface area (Å²) >= 11 is 0. The lowest BCUT2D eigenvalue weighted by molar-refractivity contribution is -0.147. The van der Waals surface area contributed by atoms with Crippen LogP contribution in [0.25, 0.3) is 0 Å². The van der Waals surface area contributed by atoms with Gasteiger partial charge in [-0.2, -0.15) is 0 Å². The van der Waals surface area contributed by atoms with E-state index in [0.29, 0.717) is 43.5 Å². The third-order valence-electron chi connectivity index (χ3n) is 4.67. The Bertz CT molecular complexity index is 726. The Morgan fingerprint density at radius 3 is 2.32 bits per heavy atom. The van der Waals surface area contributed by atoms with Crippen LogP contribution < -0.4 is 11.1 Å². The van der Waals surface area contributed by atoms with E-state index in [1.807, 2.05) is 6.92 Å². The van der Waals surface area contributed by atoms with Crippen molar-refractivity contribution in [1.29, 1.82) is 5.41 Å². The molecule has 2 amide bonds. The standard InChI is InChI=1S/C19H26N4O5/c1-2-15(22-18(26)13-5-3-12(4-6-13)17(20)21)19(27)23-9-7-14(8-10-23)28-11-16(24)25/h3-6,14-15H,2,7-11H2,1H3,(H3,20,21)(H,22,26)(H,24,25)/t15-/m0/s1. The van der Waals surface area contributed by atoms with Gasteiger partial charge in [0.05, 0.1) is 6.10 Å². The summed E-state index contributed by atoms with van der Waals surface area (Å²) in [7, 11) is 0. The number of nitrogens with one attached hydrogen (secondary N) is 2. The molecule has 9 heteroatoms. The lowest BCUT2D eigenvalue weighted by Crippen LogP contribution is -2.51. The van der Waals surface area contributed by atoms with Crippen LogP contribution in [0.3, 0.4) is 0 Å². The van der Waals surface area contributed by atoms with Gasteiger partial charge in [-0.3, -0.25) is 15.0 Å². The molecular formula is C19H26N4O5. The van der Waals surface area contributed by atoms with E-state index in [2.05, 4.69) is 5.32 Å². The summed E-state index contributed by atoms with van der Waals surface area (Å²) < 4.78 is 5.28.